The zero-order valence-corrected chi connectivity index (χ0v) is 10.4. The van der Waals surface area contributed by atoms with Crippen LogP contribution in [-0.2, 0) is 0 Å². The van der Waals surface area contributed by atoms with E-state index in [9.17, 15) is 0 Å². The molecule has 92 valence electrons. The summed E-state index contributed by atoms with van der Waals surface area (Å²) in [4.78, 5) is 8.68. The molecule has 1 saturated heterocycles. The summed E-state index contributed by atoms with van der Waals surface area (Å²) < 4.78 is 0. The van der Waals surface area contributed by atoms with Crippen molar-refractivity contribution in [2.45, 2.75) is 12.8 Å². The first-order valence-corrected chi connectivity index (χ1v) is 6.47. The zero-order valence-electron chi connectivity index (χ0n) is 10.4. The fourth-order valence-electron chi connectivity index (χ4n) is 2.54. The Morgan fingerprint density at radius 2 is 1.67 bits per heavy atom. The molecule has 3 heteroatoms. The molecule has 0 aliphatic carbocycles. The fraction of sp³-hybridized carbons (Fsp3) is 0.333. The third-order valence-electron chi connectivity index (χ3n) is 3.42. The molecule has 0 aromatic heterocycles. The molecular formula is C15H17N3. The molecule has 3 aliphatic heterocycles. The van der Waals surface area contributed by atoms with Gasteiger partial charge in [-0.05, 0) is 41.7 Å². The number of piperidine rings is 1. The maximum absolute atomic E-state index is 4.35. The molecule has 0 spiro atoms. The highest BCUT2D eigenvalue weighted by atomic mass is 14.9. The van der Waals surface area contributed by atoms with E-state index in [1.54, 1.807) is 0 Å². The third-order valence-corrected chi connectivity index (χ3v) is 3.42. The van der Waals surface area contributed by atoms with Gasteiger partial charge in [-0.15, -0.1) is 0 Å². The lowest BCUT2D eigenvalue weighted by molar-refractivity contribution is 0.657. The molecule has 3 rings (SSSR count). The van der Waals surface area contributed by atoms with Gasteiger partial charge in [0.05, 0.1) is 13.1 Å². The molecule has 3 heterocycles. The van der Waals surface area contributed by atoms with Crippen LogP contribution in [0.25, 0.3) is 0 Å². The van der Waals surface area contributed by atoms with Crippen molar-refractivity contribution in [3.63, 3.8) is 0 Å². The summed E-state index contributed by atoms with van der Waals surface area (Å²) in [6.45, 7) is 2.64. The maximum atomic E-state index is 4.35. The Kier molecular flexibility index (Phi) is 3.22. The van der Waals surface area contributed by atoms with Gasteiger partial charge in [-0.3, -0.25) is 9.98 Å². The Morgan fingerprint density at radius 3 is 2.33 bits per heavy atom. The predicted octanol–water partition coefficient (Wildman–Crippen LogP) is 2.20. The summed E-state index contributed by atoms with van der Waals surface area (Å²) in [6.07, 6.45) is 14.5. The minimum absolute atomic E-state index is 0.780. The average Bonchev–Trinajstić information content (AvgIpc) is 2.49. The van der Waals surface area contributed by atoms with Crippen molar-refractivity contribution >= 4 is 12.4 Å². The van der Waals surface area contributed by atoms with Crippen LogP contribution in [0.2, 0.25) is 0 Å². The summed E-state index contributed by atoms with van der Waals surface area (Å²) in [5.41, 5.74) is 5.34. The average molecular weight is 239 g/mol. The van der Waals surface area contributed by atoms with Crippen LogP contribution < -0.4 is 5.32 Å². The maximum Gasteiger partial charge on any atom is 0.0660 e. The van der Waals surface area contributed by atoms with Gasteiger partial charge in [0.2, 0.25) is 0 Å². The first kappa shape index (κ1) is 11.2. The summed E-state index contributed by atoms with van der Waals surface area (Å²) in [7, 11) is 0. The molecule has 0 aromatic rings. The van der Waals surface area contributed by atoms with Crippen molar-refractivity contribution in [1.29, 1.82) is 0 Å². The molecule has 0 unspecified atom stereocenters. The summed E-state index contributed by atoms with van der Waals surface area (Å²) in [5.74, 6) is 0. The van der Waals surface area contributed by atoms with E-state index in [0.29, 0.717) is 0 Å². The Morgan fingerprint density at radius 1 is 0.944 bits per heavy atom. The first-order valence-electron chi connectivity index (χ1n) is 6.47. The van der Waals surface area contributed by atoms with Gasteiger partial charge in [0.25, 0.3) is 0 Å². The largest absolute Gasteiger partial charge is 0.385 e. The van der Waals surface area contributed by atoms with Gasteiger partial charge < -0.3 is 5.32 Å². The molecule has 18 heavy (non-hydrogen) atoms. The second-order valence-corrected chi connectivity index (χ2v) is 4.63. The second kappa shape index (κ2) is 5.17. The standard InChI is InChI=1S/C15H17N3/c1-4-12(10-16-7-1)14-6-3-9-18-15(14)13-5-2-8-17-11-13/h1-2,4-5,7-8,18H,3,6,9-11H2. The van der Waals surface area contributed by atoms with E-state index in [0.717, 1.165) is 26.1 Å². The highest BCUT2D eigenvalue weighted by Gasteiger charge is 2.18. The third kappa shape index (κ3) is 2.21. The summed E-state index contributed by atoms with van der Waals surface area (Å²) in [6, 6.07) is 0. The van der Waals surface area contributed by atoms with Crippen molar-refractivity contribution in [1.82, 2.24) is 5.32 Å². The summed E-state index contributed by atoms with van der Waals surface area (Å²) >= 11 is 0. The van der Waals surface area contributed by atoms with Gasteiger partial charge in [-0.2, -0.15) is 0 Å². The minimum atomic E-state index is 0.780. The zero-order chi connectivity index (χ0) is 12.2. The highest BCUT2D eigenvalue weighted by Crippen LogP contribution is 2.27. The molecule has 0 radical (unpaired) electrons. The van der Waals surface area contributed by atoms with Crippen molar-refractivity contribution in [3.8, 4) is 0 Å². The van der Waals surface area contributed by atoms with E-state index in [1.165, 1.54) is 28.8 Å². The normalized spacial score (nSPS) is 30.7. The van der Waals surface area contributed by atoms with Crippen LogP contribution in [0.5, 0.6) is 0 Å². The monoisotopic (exact) mass is 239 g/mol. The molecule has 0 saturated carbocycles. The van der Waals surface area contributed by atoms with Gasteiger partial charge in [0.1, 0.15) is 0 Å². The van der Waals surface area contributed by atoms with E-state index in [1.807, 2.05) is 24.6 Å². The smallest absolute Gasteiger partial charge is 0.0660 e. The van der Waals surface area contributed by atoms with E-state index in [4.69, 9.17) is 0 Å². The van der Waals surface area contributed by atoms with Gasteiger partial charge >= 0.3 is 0 Å². The second-order valence-electron chi connectivity index (χ2n) is 4.63. The number of allylic oxidation sites excluding steroid dienone is 3. The highest BCUT2D eigenvalue weighted by molar-refractivity contribution is 5.75. The lowest BCUT2D eigenvalue weighted by Crippen LogP contribution is -2.25. The van der Waals surface area contributed by atoms with Gasteiger partial charge in [-0.25, -0.2) is 0 Å². The fourth-order valence-corrected chi connectivity index (χ4v) is 2.54. The number of aliphatic imine (C=N–C) groups is 2. The van der Waals surface area contributed by atoms with Crippen molar-refractivity contribution in [3.05, 3.63) is 46.7 Å². The van der Waals surface area contributed by atoms with Crippen molar-refractivity contribution in [2.75, 3.05) is 19.6 Å². The number of hydrogen-bond acceptors (Lipinski definition) is 3. The molecule has 0 aromatic carbocycles. The molecule has 0 atom stereocenters. The van der Waals surface area contributed by atoms with E-state index in [-0.39, 0.29) is 0 Å². The lowest BCUT2D eigenvalue weighted by Gasteiger charge is -2.25. The number of rotatable bonds is 0. The van der Waals surface area contributed by atoms with Gasteiger partial charge in [-0.1, -0.05) is 12.2 Å². The molecule has 3 nitrogen and oxygen atoms in total. The molecule has 1 N–H and O–H groups in total. The molecular weight excluding hydrogens is 222 g/mol. The topological polar surface area (TPSA) is 36.8 Å². The van der Waals surface area contributed by atoms with Crippen molar-refractivity contribution < 1.29 is 0 Å². The number of nitrogens with zero attached hydrogens (tertiary/aromatic N) is 2. The first-order chi connectivity index (χ1) is 8.95. The molecule has 3 aliphatic rings. The lowest BCUT2D eigenvalue weighted by atomic mass is 9.92. The SMILES string of the molecule is C1=CC(=C2CCCNC2=C2C=CC=NC2)CN=C1. The molecule has 0 bridgehead atoms. The van der Waals surface area contributed by atoms with Gasteiger partial charge in [0, 0.05) is 24.7 Å². The number of dihydropyridines is 2. The van der Waals surface area contributed by atoms with E-state index >= 15 is 0 Å². The van der Waals surface area contributed by atoms with Gasteiger partial charge in [0.15, 0.2) is 0 Å². The van der Waals surface area contributed by atoms with Crippen molar-refractivity contribution in [2.24, 2.45) is 9.98 Å². The van der Waals surface area contributed by atoms with E-state index < -0.39 is 0 Å². The van der Waals surface area contributed by atoms with Crippen LogP contribution in [0.15, 0.2) is 56.7 Å². The minimum Gasteiger partial charge on any atom is -0.385 e. The summed E-state index contributed by atoms with van der Waals surface area (Å²) in [5, 5.41) is 3.55. The van der Waals surface area contributed by atoms with E-state index in [2.05, 4.69) is 27.5 Å². The molecule has 0 amide bonds. The Labute approximate surface area is 107 Å². The van der Waals surface area contributed by atoms with Crippen LogP contribution in [0, 0.1) is 0 Å². The Hall–Kier alpha value is -1.90. The molecule has 1 fully saturated rings. The number of nitrogens with one attached hydrogen (secondary N) is 1. The quantitative estimate of drug-likeness (QED) is 0.691. The number of hydrogen-bond donors (Lipinski definition) is 1. The Bertz CT molecular complexity index is 468. The Balaban J connectivity index is 2.01. The van der Waals surface area contributed by atoms with Crippen LogP contribution >= 0.6 is 0 Å². The van der Waals surface area contributed by atoms with Crippen LogP contribution in [-0.4, -0.2) is 32.1 Å². The predicted molar refractivity (Wildman–Crippen MR) is 76.3 cm³/mol. The van der Waals surface area contributed by atoms with Crippen LogP contribution in [0.3, 0.4) is 0 Å². The van der Waals surface area contributed by atoms with Crippen LogP contribution in [0.4, 0.5) is 0 Å². The van der Waals surface area contributed by atoms with Crippen LogP contribution in [0.1, 0.15) is 12.8 Å².